The van der Waals surface area contributed by atoms with Crippen LogP contribution in [-0.4, -0.2) is 34.0 Å². The Morgan fingerprint density at radius 1 is 1.16 bits per heavy atom. The van der Waals surface area contributed by atoms with Crippen LogP contribution in [0.25, 0.3) is 0 Å². The van der Waals surface area contributed by atoms with Gasteiger partial charge in [-0.1, -0.05) is 41.6 Å². The summed E-state index contributed by atoms with van der Waals surface area (Å²) in [6.07, 6.45) is 6.73. The predicted octanol–water partition coefficient (Wildman–Crippen LogP) is 3.29. The summed E-state index contributed by atoms with van der Waals surface area (Å²) in [5.74, 6) is 0.967. The number of amides is 1. The number of carbonyl (C=O) groups is 1. The quantitative estimate of drug-likeness (QED) is 0.735. The Kier molecular flexibility index (Phi) is 4.29. The molecule has 4 rings (SSSR count). The van der Waals surface area contributed by atoms with Crippen LogP contribution < -0.4 is 0 Å². The molecule has 5 nitrogen and oxygen atoms in total. The van der Waals surface area contributed by atoms with Crippen molar-refractivity contribution in [2.24, 2.45) is 0 Å². The van der Waals surface area contributed by atoms with Gasteiger partial charge in [0.2, 0.25) is 0 Å². The first-order valence-electron chi connectivity index (χ1n) is 8.48. The van der Waals surface area contributed by atoms with Gasteiger partial charge in [-0.3, -0.25) is 9.78 Å². The van der Waals surface area contributed by atoms with Crippen molar-refractivity contribution in [2.75, 3.05) is 13.1 Å². The number of aromatic nitrogens is 2. The van der Waals surface area contributed by atoms with E-state index in [0.717, 1.165) is 18.5 Å². The molecule has 0 radical (unpaired) electrons. The van der Waals surface area contributed by atoms with Gasteiger partial charge in [0, 0.05) is 37.8 Å². The van der Waals surface area contributed by atoms with Gasteiger partial charge in [-0.2, -0.15) is 0 Å². The summed E-state index contributed by atoms with van der Waals surface area (Å²) in [5.41, 5.74) is 2.85. The highest BCUT2D eigenvalue weighted by Gasteiger charge is 2.30. The lowest BCUT2D eigenvalue weighted by atomic mass is 10.0. The molecule has 0 saturated carbocycles. The van der Waals surface area contributed by atoms with E-state index in [0.29, 0.717) is 30.2 Å². The lowest BCUT2D eigenvalue weighted by Gasteiger charge is -2.16. The van der Waals surface area contributed by atoms with Crippen LogP contribution in [0.3, 0.4) is 0 Å². The maximum absolute atomic E-state index is 12.9. The zero-order valence-corrected chi connectivity index (χ0v) is 13.8. The maximum Gasteiger partial charge on any atom is 0.259 e. The first-order valence-corrected chi connectivity index (χ1v) is 8.48. The van der Waals surface area contributed by atoms with Crippen molar-refractivity contribution in [3.05, 3.63) is 83.5 Å². The molecular weight excluding hydrogens is 314 g/mol. The standard InChI is InChI=1S/C20H19N3O2/c24-20(23-10-8-17(14-23)16-7-4-9-21-12-16)18-13-22-25-19(18)11-15-5-2-1-3-6-15/h1-7,9,12-13,17H,8,10-11,14H2. The average Bonchev–Trinajstić information content (AvgIpc) is 3.32. The molecule has 5 heteroatoms. The third kappa shape index (κ3) is 3.31. The molecule has 1 aliphatic heterocycles. The molecule has 1 aliphatic rings. The number of rotatable bonds is 4. The van der Waals surface area contributed by atoms with Crippen LogP contribution in [0, 0.1) is 0 Å². The van der Waals surface area contributed by atoms with Crippen molar-refractivity contribution in [1.29, 1.82) is 0 Å². The third-order valence-electron chi connectivity index (χ3n) is 4.71. The first-order chi connectivity index (χ1) is 12.3. The number of carbonyl (C=O) groups excluding carboxylic acids is 1. The predicted molar refractivity (Wildman–Crippen MR) is 93.2 cm³/mol. The van der Waals surface area contributed by atoms with Crippen LogP contribution in [0.15, 0.2) is 65.6 Å². The van der Waals surface area contributed by atoms with Crippen molar-refractivity contribution in [3.8, 4) is 0 Å². The highest BCUT2D eigenvalue weighted by atomic mass is 16.5. The summed E-state index contributed by atoms with van der Waals surface area (Å²) >= 11 is 0. The lowest BCUT2D eigenvalue weighted by Crippen LogP contribution is -2.28. The van der Waals surface area contributed by atoms with E-state index in [9.17, 15) is 4.79 Å². The first kappa shape index (κ1) is 15.6. The number of benzene rings is 1. The number of likely N-dealkylation sites (tertiary alicyclic amines) is 1. The molecule has 3 aromatic rings. The van der Waals surface area contributed by atoms with Crippen molar-refractivity contribution >= 4 is 5.91 Å². The van der Waals surface area contributed by atoms with Gasteiger partial charge in [0.1, 0.15) is 5.56 Å². The van der Waals surface area contributed by atoms with Crippen molar-refractivity contribution in [2.45, 2.75) is 18.8 Å². The maximum atomic E-state index is 12.9. The van der Waals surface area contributed by atoms with Crippen LogP contribution in [0.4, 0.5) is 0 Å². The number of hydrogen-bond donors (Lipinski definition) is 0. The van der Waals surface area contributed by atoms with Gasteiger partial charge < -0.3 is 9.42 Å². The van der Waals surface area contributed by atoms with E-state index in [2.05, 4.69) is 16.2 Å². The van der Waals surface area contributed by atoms with Gasteiger partial charge in [0.05, 0.1) is 6.20 Å². The Hall–Kier alpha value is -2.95. The monoisotopic (exact) mass is 333 g/mol. The molecule has 1 saturated heterocycles. The second-order valence-electron chi connectivity index (χ2n) is 6.35. The number of hydrogen-bond acceptors (Lipinski definition) is 4. The Labute approximate surface area is 146 Å². The van der Waals surface area contributed by atoms with E-state index in [-0.39, 0.29) is 5.91 Å². The lowest BCUT2D eigenvalue weighted by molar-refractivity contribution is 0.0788. The minimum absolute atomic E-state index is 0.00132. The fourth-order valence-corrected chi connectivity index (χ4v) is 3.35. The molecule has 1 fully saturated rings. The second-order valence-corrected chi connectivity index (χ2v) is 6.35. The smallest absolute Gasteiger partial charge is 0.259 e. The molecule has 0 bridgehead atoms. The molecular formula is C20H19N3O2. The highest BCUT2D eigenvalue weighted by Crippen LogP contribution is 2.28. The highest BCUT2D eigenvalue weighted by molar-refractivity contribution is 5.95. The zero-order chi connectivity index (χ0) is 17.1. The SMILES string of the molecule is O=C(c1cnoc1Cc1ccccc1)N1CCC(c2cccnc2)C1. The van der Waals surface area contributed by atoms with Gasteiger partial charge in [0.25, 0.3) is 5.91 Å². The molecule has 1 atom stereocenters. The number of nitrogens with zero attached hydrogens (tertiary/aromatic N) is 3. The average molecular weight is 333 g/mol. The fraction of sp³-hybridized carbons (Fsp3) is 0.250. The number of pyridine rings is 1. The Morgan fingerprint density at radius 3 is 2.84 bits per heavy atom. The zero-order valence-electron chi connectivity index (χ0n) is 13.8. The molecule has 126 valence electrons. The summed E-state index contributed by atoms with van der Waals surface area (Å²) < 4.78 is 5.35. The van der Waals surface area contributed by atoms with E-state index < -0.39 is 0 Å². The van der Waals surface area contributed by atoms with E-state index in [1.807, 2.05) is 47.5 Å². The topological polar surface area (TPSA) is 59.2 Å². The Morgan fingerprint density at radius 2 is 2.04 bits per heavy atom. The molecule has 3 heterocycles. The summed E-state index contributed by atoms with van der Waals surface area (Å²) in [6, 6.07) is 14.0. The van der Waals surface area contributed by atoms with Crippen LogP contribution in [-0.2, 0) is 6.42 Å². The van der Waals surface area contributed by atoms with Crippen LogP contribution in [0.1, 0.15) is 39.6 Å². The summed E-state index contributed by atoms with van der Waals surface area (Å²) in [4.78, 5) is 19.0. The van der Waals surface area contributed by atoms with Gasteiger partial charge in [-0.25, -0.2) is 0 Å². The molecule has 1 amide bonds. The Balaban J connectivity index is 1.48. The Bertz CT molecular complexity index is 846. The molecule has 0 aliphatic carbocycles. The van der Waals surface area contributed by atoms with Crippen molar-refractivity contribution in [1.82, 2.24) is 15.0 Å². The van der Waals surface area contributed by atoms with E-state index in [1.165, 1.54) is 11.8 Å². The summed E-state index contributed by atoms with van der Waals surface area (Å²) in [5, 5.41) is 3.86. The fourth-order valence-electron chi connectivity index (χ4n) is 3.35. The molecule has 0 spiro atoms. The van der Waals surface area contributed by atoms with Crippen LogP contribution in [0.5, 0.6) is 0 Å². The van der Waals surface area contributed by atoms with Crippen LogP contribution in [0.2, 0.25) is 0 Å². The molecule has 2 aromatic heterocycles. The second kappa shape index (κ2) is 6.89. The van der Waals surface area contributed by atoms with E-state index >= 15 is 0 Å². The van der Waals surface area contributed by atoms with Crippen molar-refractivity contribution in [3.63, 3.8) is 0 Å². The van der Waals surface area contributed by atoms with E-state index in [1.54, 1.807) is 6.20 Å². The minimum atomic E-state index is -0.00132. The van der Waals surface area contributed by atoms with Crippen LogP contribution >= 0.6 is 0 Å². The largest absolute Gasteiger partial charge is 0.360 e. The molecule has 1 aromatic carbocycles. The van der Waals surface area contributed by atoms with Crippen molar-refractivity contribution < 1.29 is 9.32 Å². The van der Waals surface area contributed by atoms with Gasteiger partial charge >= 0.3 is 0 Å². The summed E-state index contributed by atoms with van der Waals surface area (Å²) in [6.45, 7) is 1.45. The summed E-state index contributed by atoms with van der Waals surface area (Å²) in [7, 11) is 0. The molecule has 0 N–H and O–H groups in total. The van der Waals surface area contributed by atoms with Gasteiger partial charge in [0.15, 0.2) is 5.76 Å². The third-order valence-corrected chi connectivity index (χ3v) is 4.71. The van der Waals surface area contributed by atoms with Gasteiger partial charge in [-0.15, -0.1) is 0 Å². The normalized spacial score (nSPS) is 17.0. The molecule has 25 heavy (non-hydrogen) atoms. The molecule has 1 unspecified atom stereocenters. The van der Waals surface area contributed by atoms with E-state index in [4.69, 9.17) is 4.52 Å². The van der Waals surface area contributed by atoms with Gasteiger partial charge in [-0.05, 0) is 23.6 Å². The minimum Gasteiger partial charge on any atom is -0.360 e.